The van der Waals surface area contributed by atoms with Crippen LogP contribution in [0.3, 0.4) is 0 Å². The van der Waals surface area contributed by atoms with Gasteiger partial charge < -0.3 is 0 Å². The first kappa shape index (κ1) is 9.47. The molecule has 0 N–H and O–H groups in total. The minimum atomic E-state index is 0.549. The second kappa shape index (κ2) is 5.27. The van der Waals surface area contributed by atoms with Gasteiger partial charge in [-0.2, -0.15) is 5.10 Å². The molecule has 60 valence electrons. The van der Waals surface area contributed by atoms with Gasteiger partial charge in [-0.25, -0.2) is 0 Å². The van der Waals surface area contributed by atoms with Gasteiger partial charge in [-0.05, 0) is 20.3 Å². The maximum atomic E-state index is 3.91. The van der Waals surface area contributed by atoms with Gasteiger partial charge in [0.2, 0.25) is 0 Å². The Morgan fingerprint density at radius 3 is 2.40 bits per heavy atom. The quantitative estimate of drug-likeness (QED) is 0.424. The first-order valence-electron chi connectivity index (χ1n) is 3.99. The van der Waals surface area contributed by atoms with Crippen molar-refractivity contribution in [2.24, 2.45) is 5.10 Å². The molecule has 0 aromatic heterocycles. The molecule has 0 bridgehead atoms. The van der Waals surface area contributed by atoms with E-state index in [2.05, 4.69) is 32.6 Å². The molecule has 2 nitrogen and oxygen atoms in total. The Morgan fingerprint density at radius 1 is 1.50 bits per heavy atom. The van der Waals surface area contributed by atoms with Crippen LogP contribution < -0.4 is 0 Å². The minimum absolute atomic E-state index is 0.549. The Labute approximate surface area is 63.9 Å². The molecule has 1 atom stereocenters. The largest absolute Gasteiger partial charge is 0.295 e. The summed E-state index contributed by atoms with van der Waals surface area (Å²) in [6.45, 7) is 10.9. The average Bonchev–Trinajstić information content (AvgIpc) is 1.91. The zero-order chi connectivity index (χ0) is 7.98. The predicted molar refractivity (Wildman–Crippen MR) is 46.3 cm³/mol. The molecule has 0 radical (unpaired) electrons. The SMILES string of the molecule is C=NN(CC)C(C)CCC. The molecule has 0 aliphatic carbocycles. The van der Waals surface area contributed by atoms with E-state index in [1.165, 1.54) is 12.8 Å². The molecule has 0 saturated carbocycles. The standard InChI is InChI=1S/C8H18N2/c1-5-7-8(3)10(6-2)9-4/h8H,4-7H2,1-3H3. The maximum absolute atomic E-state index is 3.91. The van der Waals surface area contributed by atoms with E-state index < -0.39 is 0 Å². The third-order valence-electron chi connectivity index (χ3n) is 1.72. The van der Waals surface area contributed by atoms with Crippen molar-refractivity contribution in [2.75, 3.05) is 6.54 Å². The number of hydrazone groups is 1. The molecular formula is C8H18N2. The van der Waals surface area contributed by atoms with Crippen molar-refractivity contribution >= 4 is 6.72 Å². The van der Waals surface area contributed by atoms with Crippen LogP contribution in [0.15, 0.2) is 5.10 Å². The molecule has 0 saturated heterocycles. The van der Waals surface area contributed by atoms with Crippen molar-refractivity contribution in [3.8, 4) is 0 Å². The molecule has 0 amide bonds. The Kier molecular flexibility index (Phi) is 4.99. The number of hydrogen-bond acceptors (Lipinski definition) is 2. The van der Waals surface area contributed by atoms with E-state index in [0.29, 0.717) is 6.04 Å². The van der Waals surface area contributed by atoms with Crippen molar-refractivity contribution in [2.45, 2.75) is 39.7 Å². The minimum Gasteiger partial charge on any atom is -0.295 e. The lowest BCUT2D eigenvalue weighted by Gasteiger charge is -2.23. The summed E-state index contributed by atoms with van der Waals surface area (Å²) in [5.41, 5.74) is 0. The summed E-state index contributed by atoms with van der Waals surface area (Å²) in [6.07, 6.45) is 2.42. The van der Waals surface area contributed by atoms with E-state index in [9.17, 15) is 0 Å². The Hall–Kier alpha value is -0.530. The fourth-order valence-corrected chi connectivity index (χ4v) is 1.12. The van der Waals surface area contributed by atoms with Crippen molar-refractivity contribution in [1.82, 2.24) is 5.01 Å². The lowest BCUT2D eigenvalue weighted by molar-refractivity contribution is 0.221. The average molecular weight is 142 g/mol. The molecule has 0 aliphatic rings. The molecule has 1 unspecified atom stereocenters. The Morgan fingerprint density at radius 2 is 2.10 bits per heavy atom. The molecule has 0 rings (SSSR count). The van der Waals surface area contributed by atoms with E-state index in [4.69, 9.17) is 0 Å². The summed E-state index contributed by atoms with van der Waals surface area (Å²) in [5.74, 6) is 0. The number of hydrogen-bond donors (Lipinski definition) is 0. The van der Waals surface area contributed by atoms with Crippen molar-refractivity contribution < 1.29 is 0 Å². The van der Waals surface area contributed by atoms with Gasteiger partial charge in [-0.1, -0.05) is 13.3 Å². The molecule has 0 aromatic carbocycles. The van der Waals surface area contributed by atoms with E-state index in [1.807, 2.05) is 5.01 Å². The highest BCUT2D eigenvalue weighted by molar-refractivity contribution is 5.22. The van der Waals surface area contributed by atoms with E-state index in [-0.39, 0.29) is 0 Å². The summed E-state index contributed by atoms with van der Waals surface area (Å²) in [6, 6.07) is 0.549. The Balaban J connectivity index is 3.63. The predicted octanol–water partition coefficient (Wildman–Crippen LogP) is 2.11. The highest BCUT2D eigenvalue weighted by atomic mass is 15.5. The highest BCUT2D eigenvalue weighted by Crippen LogP contribution is 2.04. The molecule has 0 fully saturated rings. The Bertz CT molecular complexity index is 91.3. The second-order valence-electron chi connectivity index (χ2n) is 2.53. The molecule has 0 aromatic rings. The first-order valence-corrected chi connectivity index (χ1v) is 3.99. The summed E-state index contributed by atoms with van der Waals surface area (Å²) >= 11 is 0. The van der Waals surface area contributed by atoms with Crippen LogP contribution in [0.4, 0.5) is 0 Å². The van der Waals surface area contributed by atoms with Crippen molar-refractivity contribution in [1.29, 1.82) is 0 Å². The van der Waals surface area contributed by atoms with Gasteiger partial charge in [0.1, 0.15) is 0 Å². The van der Waals surface area contributed by atoms with Crippen LogP contribution in [0, 0.1) is 0 Å². The summed E-state index contributed by atoms with van der Waals surface area (Å²) in [7, 11) is 0. The zero-order valence-corrected chi connectivity index (χ0v) is 7.30. The lowest BCUT2D eigenvalue weighted by atomic mass is 10.2. The first-order chi connectivity index (χ1) is 4.76. The topological polar surface area (TPSA) is 15.6 Å². The highest BCUT2D eigenvalue weighted by Gasteiger charge is 2.05. The van der Waals surface area contributed by atoms with Gasteiger partial charge in [-0.15, -0.1) is 0 Å². The number of nitrogens with zero attached hydrogens (tertiary/aromatic N) is 2. The molecule has 10 heavy (non-hydrogen) atoms. The number of rotatable bonds is 5. The second-order valence-corrected chi connectivity index (χ2v) is 2.53. The van der Waals surface area contributed by atoms with E-state index in [0.717, 1.165) is 6.54 Å². The summed E-state index contributed by atoms with van der Waals surface area (Å²) < 4.78 is 0. The van der Waals surface area contributed by atoms with Gasteiger partial charge in [0, 0.05) is 19.3 Å². The lowest BCUT2D eigenvalue weighted by Crippen LogP contribution is -2.27. The van der Waals surface area contributed by atoms with E-state index >= 15 is 0 Å². The molecule has 0 aliphatic heterocycles. The molecule has 0 spiro atoms. The normalized spacial score (nSPS) is 12.7. The van der Waals surface area contributed by atoms with Crippen LogP contribution in [0.25, 0.3) is 0 Å². The zero-order valence-electron chi connectivity index (χ0n) is 7.30. The maximum Gasteiger partial charge on any atom is 0.0442 e. The van der Waals surface area contributed by atoms with Crippen LogP contribution in [0.2, 0.25) is 0 Å². The van der Waals surface area contributed by atoms with Gasteiger partial charge in [0.15, 0.2) is 0 Å². The summed E-state index contributed by atoms with van der Waals surface area (Å²) in [5, 5.41) is 5.93. The van der Waals surface area contributed by atoms with E-state index in [1.54, 1.807) is 0 Å². The van der Waals surface area contributed by atoms with Gasteiger partial charge in [0.25, 0.3) is 0 Å². The summed E-state index contributed by atoms with van der Waals surface area (Å²) in [4.78, 5) is 0. The van der Waals surface area contributed by atoms with Crippen LogP contribution in [0.5, 0.6) is 0 Å². The van der Waals surface area contributed by atoms with Gasteiger partial charge in [-0.3, -0.25) is 5.01 Å². The van der Waals surface area contributed by atoms with Gasteiger partial charge in [0.05, 0.1) is 0 Å². The van der Waals surface area contributed by atoms with Gasteiger partial charge >= 0.3 is 0 Å². The van der Waals surface area contributed by atoms with Crippen molar-refractivity contribution in [3.63, 3.8) is 0 Å². The van der Waals surface area contributed by atoms with Crippen LogP contribution in [0.1, 0.15) is 33.6 Å². The van der Waals surface area contributed by atoms with Crippen LogP contribution in [-0.2, 0) is 0 Å². The van der Waals surface area contributed by atoms with Crippen molar-refractivity contribution in [3.05, 3.63) is 0 Å². The third kappa shape index (κ3) is 2.85. The fraction of sp³-hybridized carbons (Fsp3) is 0.875. The van der Waals surface area contributed by atoms with Crippen LogP contribution >= 0.6 is 0 Å². The molecule has 2 heteroatoms. The molecular weight excluding hydrogens is 124 g/mol. The fourth-order valence-electron chi connectivity index (χ4n) is 1.12. The van der Waals surface area contributed by atoms with Crippen LogP contribution in [-0.4, -0.2) is 24.3 Å². The molecule has 0 heterocycles. The monoisotopic (exact) mass is 142 g/mol. The smallest absolute Gasteiger partial charge is 0.0442 e. The third-order valence-corrected chi connectivity index (χ3v) is 1.72.